The van der Waals surface area contributed by atoms with Crippen molar-refractivity contribution in [2.45, 2.75) is 6.92 Å². The summed E-state index contributed by atoms with van der Waals surface area (Å²) in [4.78, 5) is 15.3. The largest absolute Gasteiger partial charge is 0.456 e. The molecule has 0 atom stereocenters. The lowest BCUT2D eigenvalue weighted by Crippen LogP contribution is -2.18. The minimum absolute atomic E-state index is 0.211. The minimum atomic E-state index is -0.211. The van der Waals surface area contributed by atoms with Crippen molar-refractivity contribution in [3.63, 3.8) is 0 Å². The fraction of sp³-hybridized carbons (Fsp3) is 0.143. The maximum Gasteiger partial charge on any atom is 0.269 e. The van der Waals surface area contributed by atoms with Crippen LogP contribution in [0.15, 0.2) is 42.6 Å². The summed E-state index contributed by atoms with van der Waals surface area (Å²) in [6.45, 7) is 2.02. The predicted molar refractivity (Wildman–Crippen MR) is 68.9 cm³/mol. The Kier molecular flexibility index (Phi) is 3.57. The van der Waals surface area contributed by atoms with Crippen LogP contribution in [-0.4, -0.2) is 17.9 Å². The third-order valence-electron chi connectivity index (χ3n) is 2.45. The van der Waals surface area contributed by atoms with Crippen molar-refractivity contribution >= 4 is 5.91 Å². The summed E-state index contributed by atoms with van der Waals surface area (Å²) >= 11 is 0. The molecule has 1 amide bonds. The fourth-order valence-electron chi connectivity index (χ4n) is 1.45. The molecule has 1 aromatic heterocycles. The Labute approximate surface area is 106 Å². The Bertz CT molecular complexity index is 533. The van der Waals surface area contributed by atoms with Gasteiger partial charge in [-0.05, 0) is 31.2 Å². The van der Waals surface area contributed by atoms with Gasteiger partial charge in [0.2, 0.25) is 0 Å². The molecule has 0 unspecified atom stereocenters. The Morgan fingerprint density at radius 3 is 2.33 bits per heavy atom. The maximum absolute atomic E-state index is 11.3. The third-order valence-corrected chi connectivity index (χ3v) is 2.45. The molecule has 0 aliphatic rings. The predicted octanol–water partition coefficient (Wildman–Crippen LogP) is 2.54. The second-order valence-electron chi connectivity index (χ2n) is 3.87. The number of nitrogens with zero attached hydrogens (tertiary/aromatic N) is 1. The Morgan fingerprint density at radius 1 is 1.11 bits per heavy atom. The highest BCUT2D eigenvalue weighted by Gasteiger charge is 2.04. The number of benzene rings is 1. The summed E-state index contributed by atoms with van der Waals surface area (Å²) in [5, 5.41) is 2.51. The topological polar surface area (TPSA) is 51.2 Å². The van der Waals surface area contributed by atoms with Crippen LogP contribution in [0.2, 0.25) is 0 Å². The number of aryl methyl sites for hydroxylation is 1. The molecule has 0 saturated carbocycles. The standard InChI is InChI=1S/C14H14N2O2/c1-10-3-5-11(6-4-10)18-12-7-8-13(16-9-12)14(17)15-2/h3-9H,1-2H3,(H,15,17). The number of aromatic nitrogens is 1. The molecule has 0 spiro atoms. The van der Waals surface area contributed by atoms with Crippen LogP contribution >= 0.6 is 0 Å². The zero-order valence-corrected chi connectivity index (χ0v) is 10.3. The van der Waals surface area contributed by atoms with Gasteiger partial charge in [0.25, 0.3) is 5.91 Å². The van der Waals surface area contributed by atoms with Crippen LogP contribution in [0.3, 0.4) is 0 Å². The molecule has 1 N–H and O–H groups in total. The summed E-state index contributed by atoms with van der Waals surface area (Å²) in [5.41, 5.74) is 1.55. The first-order valence-electron chi connectivity index (χ1n) is 5.61. The highest BCUT2D eigenvalue weighted by molar-refractivity contribution is 5.91. The second kappa shape index (κ2) is 5.31. The van der Waals surface area contributed by atoms with Crippen LogP contribution in [0.1, 0.15) is 16.1 Å². The smallest absolute Gasteiger partial charge is 0.269 e. The summed E-state index contributed by atoms with van der Waals surface area (Å²) in [6.07, 6.45) is 1.53. The van der Waals surface area contributed by atoms with Gasteiger partial charge in [-0.2, -0.15) is 0 Å². The first-order valence-corrected chi connectivity index (χ1v) is 5.61. The molecule has 2 aromatic rings. The zero-order chi connectivity index (χ0) is 13.0. The number of hydrogen-bond acceptors (Lipinski definition) is 3. The van der Waals surface area contributed by atoms with E-state index in [1.54, 1.807) is 19.2 Å². The van der Waals surface area contributed by atoms with Crippen LogP contribution in [0.4, 0.5) is 0 Å². The van der Waals surface area contributed by atoms with Crippen molar-refractivity contribution in [3.8, 4) is 11.5 Å². The van der Waals surface area contributed by atoms with E-state index in [1.807, 2.05) is 31.2 Å². The number of pyridine rings is 1. The number of carbonyl (C=O) groups excluding carboxylic acids is 1. The molecule has 0 saturated heterocycles. The van der Waals surface area contributed by atoms with Crippen molar-refractivity contribution in [1.29, 1.82) is 0 Å². The van der Waals surface area contributed by atoms with E-state index in [1.165, 1.54) is 11.8 Å². The molecular weight excluding hydrogens is 228 g/mol. The first kappa shape index (κ1) is 12.1. The van der Waals surface area contributed by atoms with E-state index in [4.69, 9.17) is 4.74 Å². The second-order valence-corrected chi connectivity index (χ2v) is 3.87. The monoisotopic (exact) mass is 242 g/mol. The molecular formula is C14H14N2O2. The molecule has 92 valence electrons. The highest BCUT2D eigenvalue weighted by Crippen LogP contribution is 2.20. The number of hydrogen-bond donors (Lipinski definition) is 1. The summed E-state index contributed by atoms with van der Waals surface area (Å²) < 4.78 is 5.61. The Hall–Kier alpha value is -2.36. The van der Waals surface area contributed by atoms with E-state index in [9.17, 15) is 4.79 Å². The molecule has 0 fully saturated rings. The Balaban J connectivity index is 2.10. The van der Waals surface area contributed by atoms with E-state index >= 15 is 0 Å². The van der Waals surface area contributed by atoms with Gasteiger partial charge >= 0.3 is 0 Å². The lowest BCUT2D eigenvalue weighted by atomic mass is 10.2. The molecule has 4 nitrogen and oxygen atoms in total. The summed E-state index contributed by atoms with van der Waals surface area (Å²) in [7, 11) is 1.57. The fourth-order valence-corrected chi connectivity index (χ4v) is 1.45. The van der Waals surface area contributed by atoms with Crippen molar-refractivity contribution in [3.05, 3.63) is 53.9 Å². The summed E-state index contributed by atoms with van der Waals surface area (Å²) in [5.74, 6) is 1.14. The molecule has 0 aliphatic carbocycles. The van der Waals surface area contributed by atoms with Crippen molar-refractivity contribution in [1.82, 2.24) is 10.3 Å². The van der Waals surface area contributed by atoms with Crippen LogP contribution in [0, 0.1) is 6.92 Å². The highest BCUT2D eigenvalue weighted by atomic mass is 16.5. The molecule has 0 bridgehead atoms. The van der Waals surface area contributed by atoms with E-state index in [0.717, 1.165) is 5.75 Å². The van der Waals surface area contributed by atoms with Gasteiger partial charge < -0.3 is 10.1 Å². The zero-order valence-electron chi connectivity index (χ0n) is 10.3. The number of carbonyl (C=O) groups is 1. The van der Waals surface area contributed by atoms with Gasteiger partial charge in [0.1, 0.15) is 17.2 Å². The molecule has 0 radical (unpaired) electrons. The number of ether oxygens (including phenoxy) is 1. The number of rotatable bonds is 3. The lowest BCUT2D eigenvalue weighted by Gasteiger charge is -2.06. The Morgan fingerprint density at radius 2 is 1.78 bits per heavy atom. The van der Waals surface area contributed by atoms with Crippen molar-refractivity contribution in [2.75, 3.05) is 7.05 Å². The van der Waals surface area contributed by atoms with E-state index < -0.39 is 0 Å². The summed E-state index contributed by atoms with van der Waals surface area (Å²) in [6, 6.07) is 11.1. The number of nitrogens with one attached hydrogen (secondary N) is 1. The van der Waals surface area contributed by atoms with Gasteiger partial charge in [0, 0.05) is 7.05 Å². The van der Waals surface area contributed by atoms with Gasteiger partial charge in [-0.25, -0.2) is 4.98 Å². The van der Waals surface area contributed by atoms with Crippen molar-refractivity contribution in [2.24, 2.45) is 0 Å². The van der Waals surface area contributed by atoms with Crippen LogP contribution < -0.4 is 10.1 Å². The van der Waals surface area contributed by atoms with Gasteiger partial charge in [0.15, 0.2) is 0 Å². The minimum Gasteiger partial charge on any atom is -0.456 e. The molecule has 1 aromatic carbocycles. The molecule has 0 aliphatic heterocycles. The van der Waals surface area contributed by atoms with Gasteiger partial charge in [0.05, 0.1) is 6.20 Å². The van der Waals surface area contributed by atoms with E-state index in [0.29, 0.717) is 11.4 Å². The SMILES string of the molecule is CNC(=O)c1ccc(Oc2ccc(C)cc2)cn1. The van der Waals surface area contributed by atoms with Crippen molar-refractivity contribution < 1.29 is 9.53 Å². The molecule has 4 heteroatoms. The normalized spacial score (nSPS) is 9.89. The first-order chi connectivity index (χ1) is 8.69. The molecule has 1 heterocycles. The van der Waals surface area contributed by atoms with Crippen LogP contribution in [0.5, 0.6) is 11.5 Å². The average Bonchev–Trinajstić information content (AvgIpc) is 2.41. The quantitative estimate of drug-likeness (QED) is 0.899. The third kappa shape index (κ3) is 2.85. The van der Waals surface area contributed by atoms with E-state index in [-0.39, 0.29) is 5.91 Å². The van der Waals surface area contributed by atoms with Crippen LogP contribution in [-0.2, 0) is 0 Å². The number of amides is 1. The molecule has 2 rings (SSSR count). The van der Waals surface area contributed by atoms with Crippen LogP contribution in [0.25, 0.3) is 0 Å². The lowest BCUT2D eigenvalue weighted by molar-refractivity contribution is 0.0958. The maximum atomic E-state index is 11.3. The van der Waals surface area contributed by atoms with E-state index in [2.05, 4.69) is 10.3 Å². The van der Waals surface area contributed by atoms with Gasteiger partial charge in [-0.1, -0.05) is 17.7 Å². The van der Waals surface area contributed by atoms with Gasteiger partial charge in [-0.15, -0.1) is 0 Å². The molecule has 18 heavy (non-hydrogen) atoms. The van der Waals surface area contributed by atoms with Gasteiger partial charge in [-0.3, -0.25) is 4.79 Å². The average molecular weight is 242 g/mol.